The molecule has 0 saturated heterocycles. The fraction of sp³-hybridized carbons (Fsp3) is 0.192. The van der Waals surface area contributed by atoms with E-state index in [9.17, 15) is 8.78 Å². The summed E-state index contributed by atoms with van der Waals surface area (Å²) < 4.78 is 26.9. The fourth-order valence-electron chi connectivity index (χ4n) is 3.25. The van der Waals surface area contributed by atoms with Crippen LogP contribution in [0.3, 0.4) is 0 Å². The van der Waals surface area contributed by atoms with Crippen LogP contribution in [0.2, 0.25) is 0 Å². The summed E-state index contributed by atoms with van der Waals surface area (Å²) in [5.41, 5.74) is 5.29. The maximum atomic E-state index is 13.7. The predicted octanol–water partition coefficient (Wildman–Crippen LogP) is 7.74. The maximum absolute atomic E-state index is 13.7. The van der Waals surface area contributed by atoms with Crippen LogP contribution in [-0.4, -0.2) is 6.88 Å². The summed E-state index contributed by atoms with van der Waals surface area (Å²) in [5.74, 6) is -0.264. The Labute approximate surface area is 197 Å². The molecule has 4 rings (SSSR count). The number of benzene rings is 2. The van der Waals surface area contributed by atoms with Crippen molar-refractivity contribution in [3.63, 3.8) is 0 Å². The Morgan fingerprint density at radius 3 is 2.13 bits per heavy atom. The first-order valence-electron chi connectivity index (χ1n) is 9.01. The molecule has 0 nitrogen and oxygen atoms in total. The van der Waals surface area contributed by atoms with E-state index >= 15 is 0 Å². The molecule has 0 heterocycles. The first-order valence-corrected chi connectivity index (χ1v) is 13.2. The first kappa shape index (κ1) is 28.5. The summed E-state index contributed by atoms with van der Waals surface area (Å²) in [7, 11) is 0. The Kier molecular flexibility index (Phi) is 12.4. The van der Waals surface area contributed by atoms with Gasteiger partial charge in [-0.3, -0.25) is 6.08 Å². The molecule has 1 aliphatic carbocycles. The van der Waals surface area contributed by atoms with E-state index in [-0.39, 0.29) is 14.9 Å². The van der Waals surface area contributed by atoms with E-state index in [0.29, 0.717) is 11.5 Å². The van der Waals surface area contributed by atoms with Crippen molar-refractivity contribution in [1.29, 1.82) is 0 Å². The minimum atomic E-state index is -0.424. The van der Waals surface area contributed by atoms with E-state index in [1.54, 1.807) is 0 Å². The molecule has 1 unspecified atom stereocenters. The quantitative estimate of drug-likeness (QED) is 0.238. The van der Waals surface area contributed by atoms with Gasteiger partial charge in [-0.05, 0) is 23.8 Å². The van der Waals surface area contributed by atoms with Gasteiger partial charge >= 0.3 is 30.2 Å². The molecule has 158 valence electrons. The second kappa shape index (κ2) is 13.0. The van der Waals surface area contributed by atoms with E-state index in [0.717, 1.165) is 28.5 Å². The van der Waals surface area contributed by atoms with Crippen molar-refractivity contribution in [3.05, 3.63) is 104 Å². The van der Waals surface area contributed by atoms with E-state index < -0.39 is 11.6 Å². The molecule has 0 saturated carbocycles. The fourth-order valence-corrected chi connectivity index (χ4v) is 3.25. The third-order valence-electron chi connectivity index (χ3n) is 5.14. The zero-order chi connectivity index (χ0) is 20.8. The molecule has 1 atom stereocenters. The summed E-state index contributed by atoms with van der Waals surface area (Å²) in [5, 5.41) is 1.98. The number of allylic oxidation sites excluding steroid dienone is 4. The SMILES string of the molecule is CC1=[C-]C(C)C(C)=C1C.Fc1ccc(F)c(-c2c[cH-]c3ccccc23)c1.[CH3-].[CH3-].[Si]=[Zr]. The van der Waals surface area contributed by atoms with E-state index in [1.165, 1.54) is 46.1 Å². The molecular formula is C26H28F2SiZr-4. The van der Waals surface area contributed by atoms with Gasteiger partial charge in [-0.2, -0.15) is 11.1 Å². The molecule has 0 aliphatic heterocycles. The van der Waals surface area contributed by atoms with Crippen LogP contribution in [0.1, 0.15) is 27.7 Å². The van der Waals surface area contributed by atoms with Crippen LogP contribution >= 0.6 is 0 Å². The average molecular weight is 498 g/mol. The van der Waals surface area contributed by atoms with Gasteiger partial charge in [0.25, 0.3) is 0 Å². The number of rotatable bonds is 1. The van der Waals surface area contributed by atoms with E-state index in [4.69, 9.17) is 0 Å². The molecule has 0 aromatic heterocycles. The van der Waals surface area contributed by atoms with Crippen molar-refractivity contribution >= 4 is 17.7 Å². The van der Waals surface area contributed by atoms with Crippen LogP contribution in [-0.2, 0) is 23.3 Å². The second-order valence-corrected chi connectivity index (χ2v) is 6.76. The van der Waals surface area contributed by atoms with Gasteiger partial charge < -0.3 is 14.9 Å². The third kappa shape index (κ3) is 6.49. The van der Waals surface area contributed by atoms with Gasteiger partial charge in [0.05, 0.1) is 0 Å². The third-order valence-corrected chi connectivity index (χ3v) is 5.14. The molecule has 3 aromatic carbocycles. The summed E-state index contributed by atoms with van der Waals surface area (Å²) in [4.78, 5) is 0. The standard InChI is InChI=1S/C15H9F2.C9H13.2CH3.Si.Zr/c16-11-6-8-15(17)14(9-11)13-7-5-10-3-1-2-4-12(10)13;1-6-5-7(2)9(4)8(6)3;;;;/h1-9H;6H,1-4H3;2*1H3;;/q4*-1;;. The summed E-state index contributed by atoms with van der Waals surface area (Å²) in [6.07, 6.45) is 3.36. The Morgan fingerprint density at radius 2 is 1.60 bits per heavy atom. The summed E-state index contributed by atoms with van der Waals surface area (Å²) in [6, 6.07) is 14.9. The van der Waals surface area contributed by atoms with Crippen molar-refractivity contribution in [2.45, 2.75) is 27.7 Å². The predicted molar refractivity (Wildman–Crippen MR) is 123 cm³/mol. The van der Waals surface area contributed by atoms with Gasteiger partial charge in [0, 0.05) is 0 Å². The van der Waals surface area contributed by atoms with Gasteiger partial charge in [-0.15, -0.1) is 53.6 Å². The van der Waals surface area contributed by atoms with Crippen molar-refractivity contribution in [2.24, 2.45) is 5.92 Å². The molecule has 0 N–H and O–H groups in total. The van der Waals surface area contributed by atoms with E-state index in [2.05, 4.69) is 40.7 Å². The van der Waals surface area contributed by atoms with Crippen LogP contribution < -0.4 is 0 Å². The zero-order valence-electron chi connectivity index (χ0n) is 18.5. The Morgan fingerprint density at radius 1 is 0.967 bits per heavy atom. The van der Waals surface area contributed by atoms with Crippen LogP contribution in [0.25, 0.3) is 21.9 Å². The molecule has 1 aliphatic rings. The number of halogens is 2. The van der Waals surface area contributed by atoms with Crippen molar-refractivity contribution < 1.29 is 32.1 Å². The molecule has 4 heteroatoms. The molecule has 0 fully saturated rings. The van der Waals surface area contributed by atoms with Gasteiger partial charge in [0.2, 0.25) is 0 Å². The van der Waals surface area contributed by atoms with Crippen LogP contribution in [0.4, 0.5) is 8.78 Å². The number of hydrogen-bond donors (Lipinski definition) is 0. The van der Waals surface area contributed by atoms with Crippen molar-refractivity contribution in [2.75, 3.05) is 0 Å². The molecule has 0 spiro atoms. The molecule has 0 amide bonds. The topological polar surface area (TPSA) is 0 Å². The Balaban J connectivity index is 0.000000558. The summed E-state index contributed by atoms with van der Waals surface area (Å²) >= 11 is 1.36. The zero-order valence-corrected chi connectivity index (χ0v) is 22.0. The van der Waals surface area contributed by atoms with Gasteiger partial charge in [0.15, 0.2) is 0 Å². The molecule has 3 aromatic rings. The van der Waals surface area contributed by atoms with Crippen LogP contribution in [0.15, 0.2) is 71.3 Å². The molecule has 0 bridgehead atoms. The van der Waals surface area contributed by atoms with Gasteiger partial charge in [0.1, 0.15) is 11.6 Å². The molecule has 30 heavy (non-hydrogen) atoms. The van der Waals surface area contributed by atoms with E-state index in [1.807, 2.05) is 36.4 Å². The number of hydrogen-bond acceptors (Lipinski definition) is 0. The van der Waals surface area contributed by atoms with Crippen molar-refractivity contribution in [1.82, 2.24) is 0 Å². The average Bonchev–Trinajstić information content (AvgIpc) is 3.23. The second-order valence-electron chi connectivity index (χ2n) is 6.76. The van der Waals surface area contributed by atoms with Gasteiger partial charge in [-0.25, -0.2) is 14.4 Å². The van der Waals surface area contributed by atoms with Gasteiger partial charge in [-0.1, -0.05) is 32.8 Å². The monoisotopic (exact) mass is 496 g/mol. The first-order chi connectivity index (χ1) is 13.4. The van der Waals surface area contributed by atoms with Crippen molar-refractivity contribution in [3.8, 4) is 11.1 Å². The van der Waals surface area contributed by atoms with Crippen LogP contribution in [0.5, 0.6) is 0 Å². The minimum absolute atomic E-state index is 0. The molecular weight excluding hydrogens is 470 g/mol. The normalized spacial score (nSPS) is 14.4. The Hall–Kier alpha value is -1.51. The summed E-state index contributed by atoms with van der Waals surface area (Å²) in [6.45, 7) is 11.7. The molecule has 2 radical (unpaired) electrons. The number of fused-ring (bicyclic) bond motifs is 1. The Bertz CT molecular complexity index is 1030. The van der Waals surface area contributed by atoms with Crippen LogP contribution in [0, 0.1) is 38.5 Å².